The lowest BCUT2D eigenvalue weighted by Crippen LogP contribution is -2.43. The van der Waals surface area contributed by atoms with Gasteiger partial charge in [0.2, 0.25) is 0 Å². The summed E-state index contributed by atoms with van der Waals surface area (Å²) in [6.07, 6.45) is 0. The first-order chi connectivity index (χ1) is 7.88. The van der Waals surface area contributed by atoms with Crippen molar-refractivity contribution in [1.82, 2.24) is 5.32 Å². The van der Waals surface area contributed by atoms with Crippen LogP contribution in [0.15, 0.2) is 11.4 Å². The lowest BCUT2D eigenvalue weighted by molar-refractivity contribution is 0.204. The number of aryl methyl sites for hydroxylation is 1. The summed E-state index contributed by atoms with van der Waals surface area (Å²) in [7, 11) is 0. The van der Waals surface area contributed by atoms with Crippen LogP contribution in [0, 0.1) is 12.8 Å². The summed E-state index contributed by atoms with van der Waals surface area (Å²) in [5.41, 5.74) is 1.49. The van der Waals surface area contributed by atoms with Gasteiger partial charge in [-0.3, -0.25) is 0 Å². The Kier molecular flexibility index (Phi) is 5.17. The third-order valence-electron chi connectivity index (χ3n) is 3.28. The second-order valence-corrected chi connectivity index (χ2v) is 6.65. The highest BCUT2D eigenvalue weighted by Crippen LogP contribution is 2.30. The van der Waals surface area contributed by atoms with Crippen LogP contribution in [0.25, 0.3) is 0 Å². The maximum Gasteiger partial charge on any atom is 0.0587 e. The first kappa shape index (κ1) is 14.7. The molecule has 0 fully saturated rings. The zero-order valence-corrected chi connectivity index (χ0v) is 12.4. The van der Waals surface area contributed by atoms with E-state index in [0.717, 1.165) is 6.54 Å². The Balaban J connectivity index is 2.64. The second kappa shape index (κ2) is 5.98. The van der Waals surface area contributed by atoms with Gasteiger partial charge in [0, 0.05) is 22.9 Å². The van der Waals surface area contributed by atoms with E-state index < -0.39 is 0 Å². The molecule has 0 saturated heterocycles. The minimum absolute atomic E-state index is 0.126. The highest BCUT2D eigenvalue weighted by molar-refractivity contribution is 7.10. The molecule has 3 heteroatoms. The molecule has 0 amide bonds. The number of aliphatic hydroxyl groups excluding tert-OH is 1. The van der Waals surface area contributed by atoms with E-state index in [-0.39, 0.29) is 18.1 Å². The number of hydrogen-bond acceptors (Lipinski definition) is 3. The van der Waals surface area contributed by atoms with Gasteiger partial charge in [-0.05, 0) is 29.9 Å². The van der Waals surface area contributed by atoms with Crippen molar-refractivity contribution in [1.29, 1.82) is 0 Å². The largest absolute Gasteiger partial charge is 0.395 e. The summed E-state index contributed by atoms with van der Waals surface area (Å²) in [5.74, 6) is 0.459. The number of hydrogen-bond donors (Lipinski definition) is 2. The summed E-state index contributed by atoms with van der Waals surface area (Å²) in [5, 5.41) is 15.0. The van der Waals surface area contributed by atoms with Crippen molar-refractivity contribution < 1.29 is 5.11 Å². The van der Waals surface area contributed by atoms with E-state index in [9.17, 15) is 5.11 Å². The van der Waals surface area contributed by atoms with E-state index in [4.69, 9.17) is 0 Å². The van der Waals surface area contributed by atoms with Gasteiger partial charge >= 0.3 is 0 Å². The fourth-order valence-corrected chi connectivity index (χ4v) is 3.10. The Morgan fingerprint density at radius 1 is 1.41 bits per heavy atom. The smallest absolute Gasteiger partial charge is 0.0587 e. The zero-order chi connectivity index (χ0) is 13.1. The Morgan fingerprint density at radius 3 is 2.47 bits per heavy atom. The summed E-state index contributed by atoms with van der Waals surface area (Å²) in [6.45, 7) is 12.1. The molecule has 1 atom stereocenters. The fraction of sp³-hybridized carbons (Fsp3) is 0.714. The van der Waals surface area contributed by atoms with Crippen LogP contribution in [-0.2, 0) is 5.41 Å². The maximum absolute atomic E-state index is 9.32. The molecule has 2 N–H and O–H groups in total. The van der Waals surface area contributed by atoms with E-state index in [1.807, 2.05) is 11.3 Å². The van der Waals surface area contributed by atoms with Crippen molar-refractivity contribution in [2.24, 2.45) is 5.92 Å². The number of rotatable bonds is 6. The van der Waals surface area contributed by atoms with Gasteiger partial charge in [-0.2, -0.15) is 0 Å². The van der Waals surface area contributed by atoms with E-state index >= 15 is 0 Å². The van der Waals surface area contributed by atoms with E-state index in [2.05, 4.69) is 51.4 Å². The summed E-state index contributed by atoms with van der Waals surface area (Å²) in [4.78, 5) is 1.44. The number of nitrogens with one attached hydrogen (secondary N) is 1. The van der Waals surface area contributed by atoms with Crippen LogP contribution >= 0.6 is 11.3 Å². The summed E-state index contributed by atoms with van der Waals surface area (Å²) < 4.78 is 0. The predicted octanol–water partition coefficient (Wildman–Crippen LogP) is 2.94. The maximum atomic E-state index is 9.32. The zero-order valence-electron chi connectivity index (χ0n) is 11.6. The second-order valence-electron chi connectivity index (χ2n) is 5.73. The molecule has 1 heterocycles. The van der Waals surface area contributed by atoms with Gasteiger partial charge < -0.3 is 10.4 Å². The number of thiophene rings is 1. The average molecular weight is 255 g/mol. The molecule has 1 rings (SSSR count). The standard InChI is InChI=1S/C14H25NOS/c1-10(2)12(8-16)15-9-14(4,5)13-11(3)6-7-17-13/h6-7,10,12,15-16H,8-9H2,1-5H3. The van der Waals surface area contributed by atoms with Crippen molar-refractivity contribution >= 4 is 11.3 Å². The molecular weight excluding hydrogens is 230 g/mol. The van der Waals surface area contributed by atoms with E-state index in [1.165, 1.54) is 10.4 Å². The molecular formula is C14H25NOS. The molecule has 17 heavy (non-hydrogen) atoms. The SMILES string of the molecule is Cc1ccsc1C(C)(C)CNC(CO)C(C)C. The molecule has 0 aromatic carbocycles. The lowest BCUT2D eigenvalue weighted by atomic mass is 9.88. The molecule has 1 aromatic heterocycles. The molecule has 2 nitrogen and oxygen atoms in total. The van der Waals surface area contributed by atoms with Gasteiger partial charge in [0.05, 0.1) is 6.61 Å². The first-order valence-electron chi connectivity index (χ1n) is 6.27. The minimum atomic E-state index is 0.126. The molecule has 98 valence electrons. The van der Waals surface area contributed by atoms with Gasteiger partial charge in [0.25, 0.3) is 0 Å². The van der Waals surface area contributed by atoms with E-state index in [1.54, 1.807) is 0 Å². The summed E-state index contributed by atoms with van der Waals surface area (Å²) in [6, 6.07) is 2.36. The lowest BCUT2D eigenvalue weighted by Gasteiger charge is -2.29. The third-order valence-corrected chi connectivity index (χ3v) is 4.67. The van der Waals surface area contributed by atoms with Crippen LogP contribution < -0.4 is 5.32 Å². The van der Waals surface area contributed by atoms with Crippen molar-refractivity contribution in [3.63, 3.8) is 0 Å². The van der Waals surface area contributed by atoms with Gasteiger partial charge in [0.15, 0.2) is 0 Å². The highest BCUT2D eigenvalue weighted by Gasteiger charge is 2.25. The van der Waals surface area contributed by atoms with E-state index in [0.29, 0.717) is 5.92 Å². The Morgan fingerprint density at radius 2 is 2.06 bits per heavy atom. The third kappa shape index (κ3) is 3.80. The van der Waals surface area contributed by atoms with Crippen molar-refractivity contribution in [3.05, 3.63) is 21.9 Å². The average Bonchev–Trinajstić information content (AvgIpc) is 2.65. The molecule has 1 unspecified atom stereocenters. The van der Waals surface area contributed by atoms with Gasteiger partial charge in [-0.15, -0.1) is 11.3 Å². The Hall–Kier alpha value is -0.380. The molecule has 0 bridgehead atoms. The molecule has 0 aliphatic carbocycles. The van der Waals surface area contributed by atoms with Crippen LogP contribution in [0.5, 0.6) is 0 Å². The van der Waals surface area contributed by atoms with Crippen molar-refractivity contribution in [3.8, 4) is 0 Å². The summed E-state index contributed by atoms with van der Waals surface area (Å²) >= 11 is 1.82. The molecule has 1 aromatic rings. The Labute approximate surface area is 109 Å². The van der Waals surface area contributed by atoms with Crippen LogP contribution in [-0.4, -0.2) is 24.3 Å². The predicted molar refractivity (Wildman–Crippen MR) is 75.8 cm³/mol. The minimum Gasteiger partial charge on any atom is -0.395 e. The van der Waals surface area contributed by atoms with Crippen LogP contribution in [0.4, 0.5) is 0 Å². The monoisotopic (exact) mass is 255 g/mol. The van der Waals surface area contributed by atoms with Gasteiger partial charge in [-0.25, -0.2) is 0 Å². The van der Waals surface area contributed by atoms with Crippen molar-refractivity contribution in [2.45, 2.75) is 46.1 Å². The highest BCUT2D eigenvalue weighted by atomic mass is 32.1. The Bertz CT molecular complexity index is 344. The van der Waals surface area contributed by atoms with Crippen molar-refractivity contribution in [2.75, 3.05) is 13.2 Å². The molecule has 0 aliphatic heterocycles. The fourth-order valence-electron chi connectivity index (χ4n) is 2.04. The molecule has 0 saturated carbocycles. The quantitative estimate of drug-likeness (QED) is 0.819. The van der Waals surface area contributed by atoms with Gasteiger partial charge in [0.1, 0.15) is 0 Å². The van der Waals surface area contributed by atoms with Crippen LogP contribution in [0.2, 0.25) is 0 Å². The molecule has 0 spiro atoms. The van der Waals surface area contributed by atoms with Gasteiger partial charge in [-0.1, -0.05) is 27.7 Å². The normalized spacial score (nSPS) is 14.3. The number of aliphatic hydroxyl groups is 1. The first-order valence-corrected chi connectivity index (χ1v) is 7.15. The molecule has 0 aliphatic rings. The van der Waals surface area contributed by atoms with Crippen LogP contribution in [0.3, 0.4) is 0 Å². The molecule has 0 radical (unpaired) electrons. The van der Waals surface area contributed by atoms with Crippen LogP contribution in [0.1, 0.15) is 38.1 Å². The topological polar surface area (TPSA) is 32.3 Å².